The second-order valence-electron chi connectivity index (χ2n) is 5.95. The first-order valence-electron chi connectivity index (χ1n) is 8.11. The summed E-state index contributed by atoms with van der Waals surface area (Å²) in [6.45, 7) is 5.77. The SMILES string of the molecule is Cc1ccc(-c2nnc(S[C@H](C)C(=O)Nc3sccc3C(N)=O)o2)cc1C. The van der Waals surface area contributed by atoms with Gasteiger partial charge in [-0.1, -0.05) is 17.8 Å². The first-order chi connectivity index (χ1) is 12.8. The van der Waals surface area contributed by atoms with E-state index in [4.69, 9.17) is 10.2 Å². The number of primary amides is 1. The van der Waals surface area contributed by atoms with Gasteiger partial charge in [0.05, 0.1) is 10.8 Å². The van der Waals surface area contributed by atoms with E-state index >= 15 is 0 Å². The highest BCUT2D eigenvalue weighted by Crippen LogP contribution is 2.29. The highest BCUT2D eigenvalue weighted by Gasteiger charge is 2.21. The molecule has 0 aliphatic heterocycles. The van der Waals surface area contributed by atoms with Gasteiger partial charge < -0.3 is 15.5 Å². The van der Waals surface area contributed by atoms with Crippen molar-refractivity contribution in [2.24, 2.45) is 5.73 Å². The molecule has 3 aromatic rings. The maximum atomic E-state index is 12.4. The van der Waals surface area contributed by atoms with E-state index in [0.29, 0.717) is 21.7 Å². The molecule has 2 aromatic heterocycles. The molecule has 0 fully saturated rings. The Morgan fingerprint density at radius 2 is 2.00 bits per heavy atom. The molecule has 0 saturated carbocycles. The third-order valence-corrected chi connectivity index (χ3v) is 5.74. The number of amides is 2. The Kier molecular flexibility index (Phi) is 5.62. The van der Waals surface area contributed by atoms with Gasteiger partial charge in [0.25, 0.3) is 11.1 Å². The average Bonchev–Trinajstić information content (AvgIpc) is 3.26. The van der Waals surface area contributed by atoms with Crippen LogP contribution in [0.1, 0.15) is 28.4 Å². The van der Waals surface area contributed by atoms with Gasteiger partial charge in [0.1, 0.15) is 5.00 Å². The van der Waals surface area contributed by atoms with Crippen molar-refractivity contribution in [2.75, 3.05) is 5.32 Å². The average molecular weight is 403 g/mol. The topological polar surface area (TPSA) is 111 Å². The first-order valence-corrected chi connectivity index (χ1v) is 9.87. The molecule has 9 heteroatoms. The Bertz CT molecular complexity index is 996. The molecule has 2 amide bonds. The zero-order chi connectivity index (χ0) is 19.6. The molecule has 0 saturated heterocycles. The van der Waals surface area contributed by atoms with Crippen molar-refractivity contribution in [3.8, 4) is 11.5 Å². The minimum Gasteiger partial charge on any atom is -0.411 e. The fourth-order valence-corrected chi connectivity index (χ4v) is 3.75. The monoisotopic (exact) mass is 402 g/mol. The van der Waals surface area contributed by atoms with Gasteiger partial charge in [-0.15, -0.1) is 21.5 Å². The number of anilines is 1. The van der Waals surface area contributed by atoms with Crippen LogP contribution in [0.2, 0.25) is 0 Å². The molecule has 0 spiro atoms. The summed E-state index contributed by atoms with van der Waals surface area (Å²) in [4.78, 5) is 23.7. The molecule has 1 aromatic carbocycles. The summed E-state index contributed by atoms with van der Waals surface area (Å²) in [5, 5.41) is 12.7. The Morgan fingerprint density at radius 1 is 1.22 bits per heavy atom. The number of carbonyl (C=O) groups excluding carboxylic acids is 2. The van der Waals surface area contributed by atoms with Crippen LogP contribution in [0, 0.1) is 13.8 Å². The molecule has 0 radical (unpaired) electrons. The van der Waals surface area contributed by atoms with E-state index in [1.54, 1.807) is 18.4 Å². The second kappa shape index (κ2) is 7.93. The highest BCUT2D eigenvalue weighted by atomic mass is 32.2. The number of benzene rings is 1. The zero-order valence-electron chi connectivity index (χ0n) is 15.0. The first kappa shape index (κ1) is 19.1. The van der Waals surface area contributed by atoms with Crippen LogP contribution in [0.5, 0.6) is 0 Å². The number of nitrogens with two attached hydrogens (primary N) is 1. The molecule has 0 unspecified atom stereocenters. The van der Waals surface area contributed by atoms with E-state index in [-0.39, 0.29) is 5.91 Å². The number of aryl methyl sites for hydroxylation is 2. The van der Waals surface area contributed by atoms with Crippen molar-refractivity contribution in [3.05, 3.63) is 46.3 Å². The molecule has 27 heavy (non-hydrogen) atoms. The van der Waals surface area contributed by atoms with Crippen LogP contribution >= 0.6 is 23.1 Å². The Balaban J connectivity index is 1.67. The van der Waals surface area contributed by atoms with Crippen molar-refractivity contribution in [1.29, 1.82) is 0 Å². The summed E-state index contributed by atoms with van der Waals surface area (Å²) in [5.74, 6) is -0.458. The van der Waals surface area contributed by atoms with E-state index in [9.17, 15) is 9.59 Å². The van der Waals surface area contributed by atoms with Crippen molar-refractivity contribution in [2.45, 2.75) is 31.2 Å². The van der Waals surface area contributed by atoms with Gasteiger partial charge in [-0.2, -0.15) is 0 Å². The molecule has 3 rings (SSSR count). The Morgan fingerprint density at radius 3 is 2.70 bits per heavy atom. The number of hydrogen-bond acceptors (Lipinski definition) is 7. The minimum atomic E-state index is -0.582. The normalized spacial score (nSPS) is 12.0. The van der Waals surface area contributed by atoms with Crippen LogP contribution in [0.25, 0.3) is 11.5 Å². The van der Waals surface area contributed by atoms with E-state index in [1.165, 1.54) is 16.9 Å². The maximum absolute atomic E-state index is 12.4. The predicted octanol–water partition coefficient (Wildman–Crippen LogP) is 3.63. The van der Waals surface area contributed by atoms with E-state index in [1.807, 2.05) is 32.0 Å². The number of thiophene rings is 1. The standard InChI is InChI=1S/C18H18N4O3S2/c1-9-4-5-12(8-10(9)2)16-21-22-18(25-16)27-11(3)15(24)20-17-13(14(19)23)6-7-26-17/h4-8,11H,1-3H3,(H2,19,23)(H,20,24)/t11-/m1/s1. The third kappa shape index (κ3) is 4.37. The molecule has 0 aliphatic rings. The summed E-state index contributed by atoms with van der Waals surface area (Å²) in [6.07, 6.45) is 0. The molecular weight excluding hydrogens is 384 g/mol. The van der Waals surface area contributed by atoms with E-state index in [0.717, 1.165) is 22.9 Å². The minimum absolute atomic E-state index is 0.282. The number of aromatic nitrogens is 2. The van der Waals surface area contributed by atoms with Crippen LogP contribution in [0.15, 0.2) is 39.3 Å². The second-order valence-corrected chi connectivity index (χ2v) is 8.16. The maximum Gasteiger partial charge on any atom is 0.277 e. The van der Waals surface area contributed by atoms with Crippen molar-refractivity contribution in [1.82, 2.24) is 10.2 Å². The molecule has 0 bridgehead atoms. The lowest BCUT2D eigenvalue weighted by molar-refractivity contribution is -0.115. The Labute approximate surface area is 164 Å². The van der Waals surface area contributed by atoms with Crippen molar-refractivity contribution in [3.63, 3.8) is 0 Å². The summed E-state index contributed by atoms with van der Waals surface area (Å²) in [5.41, 5.74) is 8.73. The van der Waals surface area contributed by atoms with Crippen LogP contribution in [-0.4, -0.2) is 27.3 Å². The molecule has 7 nitrogen and oxygen atoms in total. The largest absolute Gasteiger partial charge is 0.411 e. The molecular formula is C18H18N4O3S2. The quantitative estimate of drug-likeness (QED) is 0.609. The number of nitrogens with zero attached hydrogens (tertiary/aromatic N) is 2. The number of rotatable bonds is 6. The van der Waals surface area contributed by atoms with Crippen LogP contribution < -0.4 is 11.1 Å². The molecule has 140 valence electrons. The number of nitrogens with one attached hydrogen (secondary N) is 1. The lowest BCUT2D eigenvalue weighted by Crippen LogP contribution is -2.23. The van der Waals surface area contributed by atoms with Gasteiger partial charge in [-0.3, -0.25) is 9.59 Å². The van der Waals surface area contributed by atoms with Crippen LogP contribution in [0.4, 0.5) is 5.00 Å². The van der Waals surface area contributed by atoms with Gasteiger partial charge in [0.15, 0.2) is 0 Å². The van der Waals surface area contributed by atoms with E-state index in [2.05, 4.69) is 15.5 Å². The Hall–Kier alpha value is -2.65. The van der Waals surface area contributed by atoms with Crippen LogP contribution in [0.3, 0.4) is 0 Å². The van der Waals surface area contributed by atoms with Gasteiger partial charge >= 0.3 is 0 Å². The highest BCUT2D eigenvalue weighted by molar-refractivity contribution is 8.00. The number of thioether (sulfide) groups is 1. The summed E-state index contributed by atoms with van der Waals surface area (Å²) < 4.78 is 5.67. The molecule has 3 N–H and O–H groups in total. The van der Waals surface area contributed by atoms with Crippen molar-refractivity contribution >= 4 is 39.9 Å². The molecule has 2 heterocycles. The van der Waals surface area contributed by atoms with Gasteiger partial charge in [0.2, 0.25) is 11.8 Å². The fraction of sp³-hybridized carbons (Fsp3) is 0.222. The van der Waals surface area contributed by atoms with Gasteiger partial charge in [0, 0.05) is 5.56 Å². The van der Waals surface area contributed by atoms with Gasteiger partial charge in [-0.05, 0) is 55.5 Å². The lowest BCUT2D eigenvalue weighted by atomic mass is 10.1. The van der Waals surface area contributed by atoms with Crippen LogP contribution in [-0.2, 0) is 4.79 Å². The summed E-state index contributed by atoms with van der Waals surface area (Å²) >= 11 is 2.39. The predicted molar refractivity (Wildman–Crippen MR) is 106 cm³/mol. The fourth-order valence-electron chi connectivity index (χ4n) is 2.27. The summed E-state index contributed by atoms with van der Waals surface area (Å²) in [7, 11) is 0. The van der Waals surface area contributed by atoms with Crippen molar-refractivity contribution < 1.29 is 14.0 Å². The zero-order valence-corrected chi connectivity index (χ0v) is 16.6. The molecule has 0 aliphatic carbocycles. The third-order valence-electron chi connectivity index (χ3n) is 3.97. The lowest BCUT2D eigenvalue weighted by Gasteiger charge is -2.09. The van der Waals surface area contributed by atoms with E-state index < -0.39 is 11.2 Å². The smallest absolute Gasteiger partial charge is 0.277 e. The molecule has 1 atom stereocenters. The number of carbonyl (C=O) groups is 2. The number of hydrogen-bond donors (Lipinski definition) is 2. The summed E-state index contributed by atoms with van der Waals surface area (Å²) in [6, 6.07) is 7.47. The van der Waals surface area contributed by atoms with Gasteiger partial charge in [-0.25, -0.2) is 0 Å².